The molecule has 4 heteroatoms. The molecular formula is C14H16N2O2. The van der Waals surface area contributed by atoms with E-state index in [9.17, 15) is 4.79 Å². The Morgan fingerprint density at radius 2 is 2.06 bits per heavy atom. The van der Waals surface area contributed by atoms with Crippen LogP contribution in [-0.4, -0.2) is 10.9 Å². The number of oxazole rings is 1. The second-order valence-electron chi connectivity index (χ2n) is 4.01. The molecule has 0 atom stereocenters. The van der Waals surface area contributed by atoms with Crippen LogP contribution in [0.3, 0.4) is 0 Å². The highest BCUT2D eigenvalue weighted by Gasteiger charge is 2.11. The summed E-state index contributed by atoms with van der Waals surface area (Å²) in [6.07, 6.45) is 0.464. The summed E-state index contributed by atoms with van der Waals surface area (Å²) in [5.41, 5.74) is 1.85. The van der Waals surface area contributed by atoms with Gasteiger partial charge in [0.15, 0.2) is 0 Å². The van der Waals surface area contributed by atoms with Gasteiger partial charge in [0.2, 0.25) is 11.8 Å². The van der Waals surface area contributed by atoms with E-state index in [1.54, 1.807) is 0 Å². The molecule has 1 heterocycles. The highest BCUT2D eigenvalue weighted by atomic mass is 16.4. The highest BCUT2D eigenvalue weighted by Crippen LogP contribution is 2.22. The largest absolute Gasteiger partial charge is 0.443 e. The molecule has 2 aromatic rings. The van der Waals surface area contributed by atoms with Gasteiger partial charge >= 0.3 is 0 Å². The van der Waals surface area contributed by atoms with E-state index < -0.39 is 0 Å². The van der Waals surface area contributed by atoms with Crippen LogP contribution in [0.15, 0.2) is 34.7 Å². The fourth-order valence-corrected chi connectivity index (χ4v) is 1.69. The lowest BCUT2D eigenvalue weighted by atomic mass is 10.1. The van der Waals surface area contributed by atoms with Crippen LogP contribution in [0.2, 0.25) is 0 Å². The zero-order valence-electron chi connectivity index (χ0n) is 10.6. The maximum atomic E-state index is 11.2. The van der Waals surface area contributed by atoms with Gasteiger partial charge in [0.25, 0.3) is 0 Å². The first kappa shape index (κ1) is 12.4. The number of hydrogen-bond acceptors (Lipinski definition) is 3. The number of rotatable bonds is 4. The molecule has 0 bridgehead atoms. The number of aromatic nitrogens is 1. The molecule has 0 saturated heterocycles. The second kappa shape index (κ2) is 5.49. The van der Waals surface area contributed by atoms with E-state index in [1.165, 1.54) is 0 Å². The summed E-state index contributed by atoms with van der Waals surface area (Å²) in [6.45, 7) is 4.02. The van der Waals surface area contributed by atoms with E-state index in [4.69, 9.17) is 4.42 Å². The molecule has 4 nitrogen and oxygen atoms in total. The predicted molar refractivity (Wildman–Crippen MR) is 68.8 cm³/mol. The van der Waals surface area contributed by atoms with Crippen LogP contribution < -0.4 is 5.32 Å². The lowest BCUT2D eigenvalue weighted by molar-refractivity contribution is -0.121. The fraction of sp³-hybridized carbons (Fsp3) is 0.286. The first-order valence-corrected chi connectivity index (χ1v) is 5.99. The Kier molecular flexibility index (Phi) is 3.77. The molecule has 0 radical (unpaired) electrons. The molecule has 0 aliphatic rings. The normalized spacial score (nSPS) is 10.3. The van der Waals surface area contributed by atoms with Crippen molar-refractivity contribution in [1.82, 2.24) is 10.3 Å². The average Bonchev–Trinajstić information content (AvgIpc) is 2.78. The summed E-state index contributed by atoms with van der Waals surface area (Å²) in [6, 6.07) is 9.85. The first-order valence-electron chi connectivity index (χ1n) is 5.99. The molecule has 94 valence electrons. The summed E-state index contributed by atoms with van der Waals surface area (Å²) in [5, 5.41) is 2.75. The molecule has 1 aromatic heterocycles. The van der Waals surface area contributed by atoms with Crippen LogP contribution in [0.1, 0.15) is 25.0 Å². The van der Waals surface area contributed by atoms with Crippen LogP contribution in [0.25, 0.3) is 11.3 Å². The van der Waals surface area contributed by atoms with Gasteiger partial charge in [0.05, 0.1) is 6.54 Å². The van der Waals surface area contributed by atoms with Gasteiger partial charge in [-0.3, -0.25) is 4.79 Å². The number of benzene rings is 1. The van der Waals surface area contributed by atoms with Gasteiger partial charge in [-0.15, -0.1) is 0 Å². The van der Waals surface area contributed by atoms with Crippen molar-refractivity contribution in [3.63, 3.8) is 0 Å². The quantitative estimate of drug-likeness (QED) is 0.899. The number of carbonyl (C=O) groups is 1. The van der Waals surface area contributed by atoms with Crippen molar-refractivity contribution in [2.45, 2.75) is 26.8 Å². The average molecular weight is 244 g/mol. The Morgan fingerprint density at radius 3 is 2.72 bits per heavy atom. The summed E-state index contributed by atoms with van der Waals surface area (Å²) in [7, 11) is 0. The Bertz CT molecular complexity index is 532. The lowest BCUT2D eigenvalue weighted by Crippen LogP contribution is -2.21. The lowest BCUT2D eigenvalue weighted by Gasteiger charge is -1.98. The maximum Gasteiger partial charge on any atom is 0.220 e. The highest BCUT2D eigenvalue weighted by molar-refractivity contribution is 5.75. The molecule has 0 aliphatic heterocycles. The molecular weight excluding hydrogens is 228 g/mol. The summed E-state index contributed by atoms with van der Waals surface area (Å²) in [4.78, 5) is 15.6. The molecule has 0 spiro atoms. The number of aryl methyl sites for hydroxylation is 1. The van der Waals surface area contributed by atoms with Crippen molar-refractivity contribution >= 4 is 5.91 Å². The van der Waals surface area contributed by atoms with Crippen molar-refractivity contribution in [2.24, 2.45) is 0 Å². The van der Waals surface area contributed by atoms with E-state index in [1.807, 2.05) is 44.2 Å². The van der Waals surface area contributed by atoms with Crippen LogP contribution in [0.5, 0.6) is 0 Å². The zero-order chi connectivity index (χ0) is 13.0. The number of nitrogens with one attached hydrogen (secondary N) is 1. The van der Waals surface area contributed by atoms with Gasteiger partial charge in [-0.1, -0.05) is 37.3 Å². The van der Waals surface area contributed by atoms with Gasteiger partial charge < -0.3 is 9.73 Å². The van der Waals surface area contributed by atoms with Crippen LogP contribution in [-0.2, 0) is 11.3 Å². The van der Waals surface area contributed by atoms with Crippen molar-refractivity contribution in [3.8, 4) is 11.3 Å². The topological polar surface area (TPSA) is 55.1 Å². The Morgan fingerprint density at radius 1 is 1.33 bits per heavy atom. The van der Waals surface area contributed by atoms with E-state index in [-0.39, 0.29) is 5.91 Å². The molecule has 18 heavy (non-hydrogen) atoms. The predicted octanol–water partition coefficient (Wildman–Crippen LogP) is 2.68. The van der Waals surface area contributed by atoms with Gasteiger partial charge in [0, 0.05) is 12.0 Å². The van der Waals surface area contributed by atoms with Crippen molar-refractivity contribution in [1.29, 1.82) is 0 Å². The Hall–Kier alpha value is -2.10. The third-order valence-electron chi connectivity index (χ3n) is 2.65. The van der Waals surface area contributed by atoms with E-state index >= 15 is 0 Å². The molecule has 1 amide bonds. The Labute approximate surface area is 106 Å². The van der Waals surface area contributed by atoms with Gasteiger partial charge in [0.1, 0.15) is 11.5 Å². The van der Waals surface area contributed by atoms with Gasteiger partial charge in [-0.2, -0.15) is 0 Å². The van der Waals surface area contributed by atoms with Gasteiger partial charge in [-0.05, 0) is 6.92 Å². The first-order chi connectivity index (χ1) is 8.70. The van der Waals surface area contributed by atoms with Crippen LogP contribution >= 0.6 is 0 Å². The molecule has 1 N–H and O–H groups in total. The van der Waals surface area contributed by atoms with E-state index in [0.717, 1.165) is 17.0 Å². The molecule has 2 rings (SSSR count). The summed E-state index contributed by atoms with van der Waals surface area (Å²) >= 11 is 0. The third-order valence-corrected chi connectivity index (χ3v) is 2.65. The smallest absolute Gasteiger partial charge is 0.220 e. The van der Waals surface area contributed by atoms with Crippen LogP contribution in [0, 0.1) is 6.92 Å². The standard InChI is InChI=1S/C14H16N2O2/c1-3-12(17)15-9-13-16-14(10(2)18-13)11-7-5-4-6-8-11/h4-8H,3,9H2,1-2H3,(H,15,17). The van der Waals surface area contributed by atoms with Gasteiger partial charge in [-0.25, -0.2) is 4.98 Å². The summed E-state index contributed by atoms with van der Waals surface area (Å²) in [5.74, 6) is 1.29. The van der Waals surface area contributed by atoms with Crippen LogP contribution in [0.4, 0.5) is 0 Å². The summed E-state index contributed by atoms with van der Waals surface area (Å²) < 4.78 is 5.54. The monoisotopic (exact) mass is 244 g/mol. The van der Waals surface area contributed by atoms with Crippen molar-refractivity contribution < 1.29 is 9.21 Å². The molecule has 0 fully saturated rings. The minimum Gasteiger partial charge on any atom is -0.443 e. The molecule has 0 unspecified atom stereocenters. The molecule has 0 saturated carbocycles. The fourth-order valence-electron chi connectivity index (χ4n) is 1.69. The third kappa shape index (κ3) is 2.77. The number of hydrogen-bond donors (Lipinski definition) is 1. The molecule has 0 aliphatic carbocycles. The van der Waals surface area contributed by atoms with Crippen molar-refractivity contribution in [2.75, 3.05) is 0 Å². The minimum absolute atomic E-state index is 0.00730. The number of amides is 1. The van der Waals surface area contributed by atoms with Crippen molar-refractivity contribution in [3.05, 3.63) is 42.0 Å². The SMILES string of the molecule is CCC(=O)NCc1nc(-c2ccccc2)c(C)o1. The second-order valence-corrected chi connectivity index (χ2v) is 4.01. The van der Waals surface area contributed by atoms with E-state index in [0.29, 0.717) is 18.9 Å². The minimum atomic E-state index is -0.00730. The number of nitrogens with zero attached hydrogens (tertiary/aromatic N) is 1. The van der Waals surface area contributed by atoms with E-state index in [2.05, 4.69) is 10.3 Å². The molecule has 1 aromatic carbocycles. The maximum absolute atomic E-state index is 11.2. The Balaban J connectivity index is 2.15. The number of carbonyl (C=O) groups excluding carboxylic acids is 1. The zero-order valence-corrected chi connectivity index (χ0v) is 10.6.